The highest BCUT2D eigenvalue weighted by atomic mass is 35.5. The molecule has 2 aromatic carbocycles. The summed E-state index contributed by atoms with van der Waals surface area (Å²) in [4.78, 5) is 19.6. The zero-order valence-electron chi connectivity index (χ0n) is 18.5. The molecule has 1 aliphatic heterocycles. The second-order valence-corrected chi connectivity index (χ2v) is 8.86. The Bertz CT molecular complexity index is 1050. The third kappa shape index (κ3) is 5.89. The smallest absolute Gasteiger partial charge is 0.222 e. The Morgan fingerprint density at radius 3 is 2.72 bits per heavy atom. The molecule has 0 aliphatic carbocycles. The Balaban J connectivity index is 1.33. The van der Waals surface area contributed by atoms with Gasteiger partial charge < -0.3 is 9.64 Å². The summed E-state index contributed by atoms with van der Waals surface area (Å²) in [5, 5.41) is 0.717. The van der Waals surface area contributed by atoms with Gasteiger partial charge in [0.2, 0.25) is 5.91 Å². The molecule has 1 aromatic heterocycles. The summed E-state index contributed by atoms with van der Waals surface area (Å²) in [7, 11) is 1.69. The number of aromatic nitrogens is 1. The summed E-state index contributed by atoms with van der Waals surface area (Å²) in [5.41, 5.74) is 4.56. The number of nitrogens with zero attached hydrogens (tertiary/aromatic N) is 2. The minimum atomic E-state index is 0.212. The van der Waals surface area contributed by atoms with Gasteiger partial charge in [-0.1, -0.05) is 41.9 Å². The molecule has 0 spiro atoms. The van der Waals surface area contributed by atoms with Crippen molar-refractivity contribution < 1.29 is 9.53 Å². The molecule has 2 heterocycles. The number of amides is 1. The Morgan fingerprint density at radius 2 is 1.94 bits per heavy atom. The van der Waals surface area contributed by atoms with Gasteiger partial charge in [-0.2, -0.15) is 0 Å². The molecule has 1 fully saturated rings. The number of hydrogen-bond acceptors (Lipinski definition) is 3. The van der Waals surface area contributed by atoms with Crippen molar-refractivity contribution in [1.82, 2.24) is 9.88 Å². The molecule has 1 aliphatic rings. The second-order valence-electron chi connectivity index (χ2n) is 8.43. The fourth-order valence-corrected chi connectivity index (χ4v) is 4.56. The number of carbonyl (C=O) groups excluding carboxylic acids is 1. The van der Waals surface area contributed by atoms with Crippen LogP contribution in [0.1, 0.15) is 47.6 Å². The largest absolute Gasteiger partial charge is 0.497 e. The number of pyridine rings is 1. The first kappa shape index (κ1) is 22.3. The number of methoxy groups -OCH3 is 1. The van der Waals surface area contributed by atoms with Gasteiger partial charge in [0.05, 0.1) is 7.11 Å². The van der Waals surface area contributed by atoms with Crippen LogP contribution in [0.15, 0.2) is 66.9 Å². The van der Waals surface area contributed by atoms with Crippen LogP contribution in [0.5, 0.6) is 5.75 Å². The maximum Gasteiger partial charge on any atom is 0.222 e. The molecular weight excluding hydrogens is 420 g/mol. The van der Waals surface area contributed by atoms with Crippen LogP contribution in [0.2, 0.25) is 5.02 Å². The molecule has 32 heavy (non-hydrogen) atoms. The van der Waals surface area contributed by atoms with Crippen molar-refractivity contribution in [1.29, 1.82) is 0 Å². The van der Waals surface area contributed by atoms with Crippen molar-refractivity contribution in [3.63, 3.8) is 0 Å². The van der Waals surface area contributed by atoms with Gasteiger partial charge in [-0.3, -0.25) is 9.78 Å². The molecule has 4 nitrogen and oxygen atoms in total. The molecule has 0 saturated carbocycles. The van der Waals surface area contributed by atoms with E-state index in [1.807, 2.05) is 47.5 Å². The summed E-state index contributed by atoms with van der Waals surface area (Å²) < 4.78 is 5.31. The van der Waals surface area contributed by atoms with Gasteiger partial charge >= 0.3 is 0 Å². The van der Waals surface area contributed by atoms with Crippen LogP contribution in [0.25, 0.3) is 0 Å². The highest BCUT2D eigenvalue weighted by molar-refractivity contribution is 6.30. The van der Waals surface area contributed by atoms with Crippen LogP contribution >= 0.6 is 11.6 Å². The molecule has 0 radical (unpaired) electrons. The van der Waals surface area contributed by atoms with Gasteiger partial charge in [-0.15, -0.1) is 0 Å². The van der Waals surface area contributed by atoms with Gasteiger partial charge in [0.25, 0.3) is 0 Å². The fraction of sp³-hybridized carbons (Fsp3) is 0.333. The number of aryl methyl sites for hydroxylation is 1. The molecule has 0 bridgehead atoms. The molecule has 5 heteroatoms. The standard InChI is InChI=1S/C27H29ClN2O2/c1-32-25-9-3-6-21(17-25)15-22-10-12-26(29-18-22)23-7-4-14-30(19-23)27(31)13-11-20-5-2-8-24(28)16-20/h2-3,5-6,8-10,12,16-18,23H,4,7,11,13-15,19H2,1H3/t23-/m1/s1. The highest BCUT2D eigenvalue weighted by Gasteiger charge is 2.25. The minimum absolute atomic E-state index is 0.212. The lowest BCUT2D eigenvalue weighted by atomic mass is 9.93. The third-order valence-corrected chi connectivity index (χ3v) is 6.33. The number of carbonyl (C=O) groups is 1. The number of likely N-dealkylation sites (tertiary alicyclic amines) is 1. The van der Waals surface area contributed by atoms with Crippen molar-refractivity contribution >= 4 is 17.5 Å². The summed E-state index contributed by atoms with van der Waals surface area (Å²) in [6.07, 6.45) is 6.11. The zero-order chi connectivity index (χ0) is 22.3. The molecule has 1 atom stereocenters. The van der Waals surface area contributed by atoms with E-state index < -0.39 is 0 Å². The average molecular weight is 449 g/mol. The van der Waals surface area contributed by atoms with Crippen LogP contribution in [0.4, 0.5) is 0 Å². The highest BCUT2D eigenvalue weighted by Crippen LogP contribution is 2.27. The molecule has 166 valence electrons. The van der Waals surface area contributed by atoms with Crippen molar-refractivity contribution in [3.05, 3.63) is 94.3 Å². The second kappa shape index (κ2) is 10.6. The van der Waals surface area contributed by atoms with E-state index in [-0.39, 0.29) is 5.91 Å². The first-order chi connectivity index (χ1) is 15.6. The van der Waals surface area contributed by atoms with E-state index in [1.165, 1.54) is 11.1 Å². The molecular formula is C27H29ClN2O2. The maximum absolute atomic E-state index is 12.8. The number of halogens is 1. The van der Waals surface area contributed by atoms with Gasteiger partial charge in [0.15, 0.2) is 0 Å². The molecule has 3 aromatic rings. The van der Waals surface area contributed by atoms with Gasteiger partial charge in [0.1, 0.15) is 5.75 Å². The lowest BCUT2D eigenvalue weighted by Crippen LogP contribution is -2.39. The van der Waals surface area contributed by atoms with Crippen LogP contribution in [-0.4, -0.2) is 36.0 Å². The van der Waals surface area contributed by atoms with Gasteiger partial charge in [-0.05, 0) is 72.7 Å². The molecule has 4 rings (SSSR count). The zero-order valence-corrected chi connectivity index (χ0v) is 19.2. The monoisotopic (exact) mass is 448 g/mol. The van der Waals surface area contributed by atoms with E-state index in [0.29, 0.717) is 17.4 Å². The van der Waals surface area contributed by atoms with Crippen LogP contribution in [0, 0.1) is 0 Å². The predicted octanol–water partition coefficient (Wildman–Crippen LogP) is 5.67. The number of hydrogen-bond donors (Lipinski definition) is 0. The van der Waals surface area contributed by atoms with Crippen molar-refractivity contribution in [2.45, 2.75) is 38.0 Å². The predicted molar refractivity (Wildman–Crippen MR) is 128 cm³/mol. The van der Waals surface area contributed by atoms with Crippen molar-refractivity contribution in [3.8, 4) is 5.75 Å². The SMILES string of the molecule is COc1cccc(Cc2ccc([C@@H]3CCCN(C(=O)CCc4cccc(Cl)c4)C3)nc2)c1. The van der Waals surface area contributed by atoms with Crippen molar-refractivity contribution in [2.75, 3.05) is 20.2 Å². The van der Waals surface area contributed by atoms with Gasteiger partial charge in [0, 0.05) is 42.3 Å². The summed E-state index contributed by atoms with van der Waals surface area (Å²) in [5.74, 6) is 1.38. The Hall–Kier alpha value is -2.85. The van der Waals surface area contributed by atoms with E-state index in [2.05, 4.69) is 24.3 Å². The fourth-order valence-electron chi connectivity index (χ4n) is 4.35. The quantitative estimate of drug-likeness (QED) is 0.467. The van der Waals surface area contributed by atoms with Gasteiger partial charge in [-0.25, -0.2) is 0 Å². The third-order valence-electron chi connectivity index (χ3n) is 6.10. The number of rotatable bonds is 7. The molecule has 1 amide bonds. The van der Waals surface area contributed by atoms with E-state index in [9.17, 15) is 4.79 Å². The number of piperidine rings is 1. The van der Waals surface area contributed by atoms with E-state index in [1.54, 1.807) is 7.11 Å². The average Bonchev–Trinajstić information content (AvgIpc) is 2.83. The maximum atomic E-state index is 12.8. The van der Waals surface area contributed by atoms with Crippen LogP contribution in [-0.2, 0) is 17.6 Å². The first-order valence-corrected chi connectivity index (χ1v) is 11.6. The van der Waals surface area contributed by atoms with Crippen LogP contribution in [0.3, 0.4) is 0 Å². The van der Waals surface area contributed by atoms with E-state index in [0.717, 1.165) is 55.8 Å². The molecule has 0 unspecified atom stereocenters. The number of ether oxygens (including phenoxy) is 1. The number of benzene rings is 2. The molecule has 0 N–H and O–H groups in total. The van der Waals surface area contributed by atoms with Crippen LogP contribution < -0.4 is 4.74 Å². The summed E-state index contributed by atoms with van der Waals surface area (Å²) in [6.45, 7) is 1.58. The summed E-state index contributed by atoms with van der Waals surface area (Å²) >= 11 is 6.06. The Labute approximate surface area is 195 Å². The Morgan fingerprint density at radius 1 is 1.09 bits per heavy atom. The molecule has 1 saturated heterocycles. The van der Waals surface area contributed by atoms with E-state index in [4.69, 9.17) is 21.3 Å². The van der Waals surface area contributed by atoms with Crippen molar-refractivity contribution in [2.24, 2.45) is 0 Å². The van der Waals surface area contributed by atoms with E-state index >= 15 is 0 Å². The first-order valence-electron chi connectivity index (χ1n) is 11.2. The topological polar surface area (TPSA) is 42.4 Å². The lowest BCUT2D eigenvalue weighted by molar-refractivity contribution is -0.132. The Kier molecular flexibility index (Phi) is 7.43. The normalized spacial score (nSPS) is 16.1. The minimum Gasteiger partial charge on any atom is -0.497 e. The lowest BCUT2D eigenvalue weighted by Gasteiger charge is -2.32. The summed E-state index contributed by atoms with van der Waals surface area (Å²) in [6, 6.07) is 20.2.